The summed E-state index contributed by atoms with van der Waals surface area (Å²) >= 11 is 1.19. The molecule has 0 bridgehead atoms. The largest absolute Gasteiger partial charge is 0.478 e. The highest BCUT2D eigenvalue weighted by Crippen LogP contribution is 2.31. The van der Waals surface area contributed by atoms with E-state index in [1.165, 1.54) is 36.4 Å². The molecule has 0 fully saturated rings. The second-order valence-electron chi connectivity index (χ2n) is 2.96. The van der Waals surface area contributed by atoms with Gasteiger partial charge in [0, 0.05) is 10.6 Å². The van der Waals surface area contributed by atoms with E-state index in [1.807, 2.05) is 0 Å². The van der Waals surface area contributed by atoms with Gasteiger partial charge in [-0.3, -0.25) is 0 Å². The van der Waals surface area contributed by atoms with Crippen molar-refractivity contribution in [3.8, 4) is 0 Å². The predicted octanol–water partition coefficient (Wildman–Crippen LogP) is 2.11. The molecule has 1 heterocycles. The zero-order valence-corrected chi connectivity index (χ0v) is 8.90. The van der Waals surface area contributed by atoms with Gasteiger partial charge in [0.15, 0.2) is 0 Å². The van der Waals surface area contributed by atoms with Gasteiger partial charge < -0.3 is 15.3 Å². The molecule has 0 unspecified atom stereocenters. The van der Waals surface area contributed by atoms with E-state index in [9.17, 15) is 4.79 Å². The van der Waals surface area contributed by atoms with Crippen molar-refractivity contribution < 1.29 is 14.3 Å². The van der Waals surface area contributed by atoms with Crippen molar-refractivity contribution in [2.45, 2.75) is 10.1 Å². The predicted molar refractivity (Wildman–Crippen MR) is 58.4 cm³/mol. The van der Waals surface area contributed by atoms with Crippen molar-refractivity contribution in [3.05, 3.63) is 36.2 Å². The lowest BCUT2D eigenvalue weighted by atomic mass is 10.2. The third-order valence-electron chi connectivity index (χ3n) is 1.87. The van der Waals surface area contributed by atoms with E-state index in [-0.39, 0.29) is 5.56 Å². The minimum absolute atomic E-state index is 0.184. The third-order valence-corrected chi connectivity index (χ3v) is 2.82. The quantitative estimate of drug-likeness (QED) is 0.793. The Morgan fingerprint density at radius 2 is 2.31 bits per heavy atom. The van der Waals surface area contributed by atoms with Gasteiger partial charge >= 0.3 is 5.97 Å². The number of hydrogen-bond acceptors (Lipinski definition) is 5. The highest BCUT2D eigenvalue weighted by molar-refractivity contribution is 7.99. The van der Waals surface area contributed by atoms with Gasteiger partial charge in [-0.2, -0.15) is 0 Å². The molecule has 2 rings (SSSR count). The second kappa shape index (κ2) is 4.28. The molecule has 0 saturated carbocycles. The number of oxazole rings is 1. The van der Waals surface area contributed by atoms with E-state index in [0.717, 1.165) is 0 Å². The molecule has 0 aliphatic rings. The van der Waals surface area contributed by atoms with Crippen LogP contribution in [0.1, 0.15) is 10.4 Å². The van der Waals surface area contributed by atoms with Gasteiger partial charge in [0.05, 0.1) is 11.8 Å². The molecular formula is C10H8N2O3S. The normalized spacial score (nSPS) is 10.2. The second-order valence-corrected chi connectivity index (χ2v) is 3.95. The summed E-state index contributed by atoms with van der Waals surface area (Å²) in [7, 11) is 0. The number of hydrogen-bond donors (Lipinski definition) is 2. The molecule has 0 aliphatic carbocycles. The van der Waals surface area contributed by atoms with Crippen molar-refractivity contribution in [2.24, 2.45) is 0 Å². The Balaban J connectivity index is 2.32. The van der Waals surface area contributed by atoms with Crippen LogP contribution in [0.4, 0.5) is 5.69 Å². The lowest BCUT2D eigenvalue weighted by molar-refractivity contribution is 0.0696. The third kappa shape index (κ3) is 2.17. The molecule has 82 valence electrons. The summed E-state index contributed by atoms with van der Waals surface area (Å²) in [5.41, 5.74) is 6.40. The van der Waals surface area contributed by atoms with Gasteiger partial charge in [-0.05, 0) is 30.0 Å². The van der Waals surface area contributed by atoms with Crippen LogP contribution in [0, 0.1) is 0 Å². The van der Waals surface area contributed by atoms with E-state index in [4.69, 9.17) is 15.3 Å². The monoisotopic (exact) mass is 236 g/mol. The lowest BCUT2D eigenvalue weighted by Gasteiger charge is -2.03. The summed E-state index contributed by atoms with van der Waals surface area (Å²) < 4.78 is 5.04. The number of rotatable bonds is 3. The number of carboxylic acids is 1. The topological polar surface area (TPSA) is 89.4 Å². The van der Waals surface area contributed by atoms with Gasteiger partial charge in [0.1, 0.15) is 6.26 Å². The lowest BCUT2D eigenvalue weighted by Crippen LogP contribution is -1.98. The Bertz CT molecular complexity index is 511. The fourth-order valence-electron chi connectivity index (χ4n) is 1.11. The van der Waals surface area contributed by atoms with Crippen LogP contribution in [0.2, 0.25) is 0 Å². The van der Waals surface area contributed by atoms with Crippen molar-refractivity contribution in [1.29, 1.82) is 0 Å². The van der Waals surface area contributed by atoms with E-state index in [0.29, 0.717) is 15.8 Å². The zero-order valence-electron chi connectivity index (χ0n) is 8.08. The minimum Gasteiger partial charge on any atom is -0.478 e. The fraction of sp³-hybridized carbons (Fsp3) is 0. The van der Waals surface area contributed by atoms with Crippen molar-refractivity contribution in [2.75, 3.05) is 5.73 Å². The number of aromatic nitrogens is 1. The summed E-state index contributed by atoms with van der Waals surface area (Å²) in [6.45, 7) is 0. The van der Waals surface area contributed by atoms with E-state index in [1.54, 1.807) is 6.07 Å². The molecule has 2 aromatic rings. The smallest absolute Gasteiger partial charge is 0.335 e. The molecule has 16 heavy (non-hydrogen) atoms. The number of nitrogen functional groups attached to an aromatic ring is 1. The van der Waals surface area contributed by atoms with Crippen LogP contribution in [-0.4, -0.2) is 16.1 Å². The van der Waals surface area contributed by atoms with Gasteiger partial charge in [-0.15, -0.1) is 0 Å². The fourth-order valence-corrected chi connectivity index (χ4v) is 1.89. The molecule has 1 aromatic carbocycles. The Kier molecular flexibility index (Phi) is 2.82. The van der Waals surface area contributed by atoms with Crippen molar-refractivity contribution in [3.63, 3.8) is 0 Å². The van der Waals surface area contributed by atoms with Gasteiger partial charge in [0.25, 0.3) is 5.22 Å². The SMILES string of the molecule is Nc1ccc(C(=O)O)cc1Sc1ncco1. The Morgan fingerprint density at radius 3 is 2.94 bits per heavy atom. The van der Waals surface area contributed by atoms with Crippen LogP contribution >= 0.6 is 11.8 Å². The summed E-state index contributed by atoms with van der Waals surface area (Å²) in [5.74, 6) is -0.991. The van der Waals surface area contributed by atoms with Crippen LogP contribution < -0.4 is 5.73 Å². The first-order valence-corrected chi connectivity index (χ1v) is 5.18. The average Bonchev–Trinajstić information content (AvgIpc) is 2.73. The maximum atomic E-state index is 10.8. The van der Waals surface area contributed by atoms with Crippen LogP contribution in [0.5, 0.6) is 0 Å². The van der Waals surface area contributed by atoms with Gasteiger partial charge in [-0.25, -0.2) is 9.78 Å². The van der Waals surface area contributed by atoms with E-state index in [2.05, 4.69) is 4.98 Å². The molecule has 0 saturated heterocycles. The minimum atomic E-state index is -0.991. The zero-order chi connectivity index (χ0) is 11.5. The van der Waals surface area contributed by atoms with Crippen LogP contribution in [-0.2, 0) is 0 Å². The molecule has 5 nitrogen and oxygen atoms in total. The maximum Gasteiger partial charge on any atom is 0.335 e. The first kappa shape index (κ1) is 10.6. The van der Waals surface area contributed by atoms with Crippen LogP contribution in [0.3, 0.4) is 0 Å². The maximum absolute atomic E-state index is 10.8. The van der Waals surface area contributed by atoms with Crippen molar-refractivity contribution >= 4 is 23.4 Å². The molecule has 0 spiro atoms. The van der Waals surface area contributed by atoms with Crippen molar-refractivity contribution in [1.82, 2.24) is 4.98 Å². The summed E-state index contributed by atoms with van der Waals surface area (Å²) in [6.07, 6.45) is 2.96. The number of nitrogens with two attached hydrogens (primary N) is 1. The molecule has 0 aliphatic heterocycles. The van der Waals surface area contributed by atoms with Crippen LogP contribution in [0.25, 0.3) is 0 Å². The number of carboxylic acid groups (broad SMARTS) is 1. The number of aromatic carboxylic acids is 1. The summed E-state index contributed by atoms with van der Waals surface area (Å²) in [5, 5.41) is 9.26. The molecule has 1 aromatic heterocycles. The van der Waals surface area contributed by atoms with E-state index < -0.39 is 5.97 Å². The Labute approximate surface area is 95.3 Å². The Morgan fingerprint density at radius 1 is 1.50 bits per heavy atom. The van der Waals surface area contributed by atoms with Crippen LogP contribution in [0.15, 0.2) is 45.2 Å². The number of nitrogens with zero attached hydrogens (tertiary/aromatic N) is 1. The number of benzene rings is 1. The molecular weight excluding hydrogens is 228 g/mol. The number of carbonyl (C=O) groups is 1. The van der Waals surface area contributed by atoms with Gasteiger partial charge in [-0.1, -0.05) is 0 Å². The molecule has 6 heteroatoms. The Hall–Kier alpha value is -1.95. The first-order chi connectivity index (χ1) is 7.66. The standard InChI is InChI=1S/C10H8N2O3S/c11-7-2-1-6(9(13)14)5-8(7)16-10-12-3-4-15-10/h1-5H,11H2,(H,13,14). The number of anilines is 1. The average molecular weight is 236 g/mol. The van der Waals surface area contributed by atoms with Gasteiger partial charge in [0.2, 0.25) is 0 Å². The molecule has 0 amide bonds. The molecule has 0 atom stereocenters. The first-order valence-electron chi connectivity index (χ1n) is 4.37. The summed E-state index contributed by atoms with van der Waals surface area (Å²) in [6, 6.07) is 4.50. The molecule has 0 radical (unpaired) electrons. The molecule has 3 N–H and O–H groups in total. The highest BCUT2D eigenvalue weighted by atomic mass is 32.2. The van der Waals surface area contributed by atoms with E-state index >= 15 is 0 Å². The highest BCUT2D eigenvalue weighted by Gasteiger charge is 2.09. The summed E-state index contributed by atoms with van der Waals surface area (Å²) in [4.78, 5) is 15.3.